The number of anilines is 1. The van der Waals surface area contributed by atoms with Gasteiger partial charge in [-0.05, 0) is 6.92 Å². The number of ether oxygens (including phenoxy) is 2. The molecule has 1 amide bonds. The van der Waals surface area contributed by atoms with Crippen LogP contribution in [0.4, 0.5) is 5.82 Å². The molecule has 1 aliphatic rings. The molecule has 1 fully saturated rings. The van der Waals surface area contributed by atoms with E-state index in [0.29, 0.717) is 11.2 Å². The lowest BCUT2D eigenvalue weighted by Crippen LogP contribution is -2.48. The summed E-state index contributed by atoms with van der Waals surface area (Å²) in [4.78, 5) is 35.3. The van der Waals surface area contributed by atoms with E-state index >= 15 is 0 Å². The van der Waals surface area contributed by atoms with Crippen LogP contribution >= 0.6 is 0 Å². The first kappa shape index (κ1) is 20.9. The molecule has 13 nitrogen and oxygen atoms in total. The van der Waals surface area contributed by atoms with Crippen molar-refractivity contribution in [1.82, 2.24) is 24.8 Å². The molecule has 158 valence electrons. The van der Waals surface area contributed by atoms with Crippen molar-refractivity contribution in [2.75, 3.05) is 12.3 Å². The van der Waals surface area contributed by atoms with Gasteiger partial charge in [-0.1, -0.05) is 0 Å². The van der Waals surface area contributed by atoms with Gasteiger partial charge in [0.05, 0.1) is 12.4 Å². The second-order valence-corrected chi connectivity index (χ2v) is 6.68. The highest BCUT2D eigenvalue weighted by atomic mass is 16.6. The number of nitrogens with two attached hydrogens (primary N) is 1. The largest absolute Gasteiger partial charge is 0.461 e. The molecule has 6 N–H and O–H groups in total. The molecule has 2 unspecified atom stereocenters. The third-order valence-corrected chi connectivity index (χ3v) is 4.48. The Morgan fingerprint density at radius 1 is 1.34 bits per heavy atom. The number of rotatable bonds is 6. The highest BCUT2D eigenvalue weighted by Crippen LogP contribution is 2.32. The molecule has 3 rings (SSSR count). The second kappa shape index (κ2) is 8.24. The lowest BCUT2D eigenvalue weighted by Gasteiger charge is -2.21. The number of aromatic nitrogens is 4. The molecule has 0 aliphatic carbocycles. The second-order valence-electron chi connectivity index (χ2n) is 6.68. The van der Waals surface area contributed by atoms with E-state index in [9.17, 15) is 24.9 Å². The van der Waals surface area contributed by atoms with E-state index < -0.39 is 55.2 Å². The van der Waals surface area contributed by atoms with Gasteiger partial charge in [-0.2, -0.15) is 0 Å². The number of aliphatic hydroxyl groups excluding tert-OH is 3. The Morgan fingerprint density at radius 3 is 2.72 bits per heavy atom. The van der Waals surface area contributed by atoms with Crippen LogP contribution in [-0.4, -0.2) is 83.8 Å². The van der Waals surface area contributed by atoms with Crippen molar-refractivity contribution in [1.29, 1.82) is 0 Å². The average Bonchev–Trinajstić information content (AvgIpc) is 3.20. The summed E-state index contributed by atoms with van der Waals surface area (Å²) in [5.74, 6) is -1.28. The van der Waals surface area contributed by atoms with Crippen molar-refractivity contribution in [2.24, 2.45) is 0 Å². The molecule has 0 spiro atoms. The van der Waals surface area contributed by atoms with Crippen LogP contribution < -0.4 is 11.1 Å². The molecule has 1 saturated heterocycles. The molecule has 3 heterocycles. The topological polar surface area (TPSA) is 195 Å². The van der Waals surface area contributed by atoms with Crippen molar-refractivity contribution in [3.8, 4) is 0 Å². The van der Waals surface area contributed by atoms with Gasteiger partial charge in [-0.15, -0.1) is 0 Å². The fourth-order valence-electron chi connectivity index (χ4n) is 3.00. The zero-order valence-electron chi connectivity index (χ0n) is 15.7. The number of fused-ring (bicyclic) bond motifs is 1. The van der Waals surface area contributed by atoms with Crippen LogP contribution in [0, 0.1) is 0 Å². The van der Waals surface area contributed by atoms with Crippen molar-refractivity contribution in [3.63, 3.8) is 0 Å². The highest BCUT2D eigenvalue weighted by molar-refractivity contribution is 5.83. The molecule has 2 aromatic rings. The summed E-state index contributed by atoms with van der Waals surface area (Å²) in [5, 5.41) is 32.6. The highest BCUT2D eigenvalue weighted by Gasteiger charge is 2.45. The summed E-state index contributed by atoms with van der Waals surface area (Å²) in [6.07, 6.45) is -3.50. The molecule has 0 aromatic carbocycles. The third kappa shape index (κ3) is 4.12. The zero-order valence-corrected chi connectivity index (χ0v) is 15.7. The van der Waals surface area contributed by atoms with E-state index in [2.05, 4.69) is 20.3 Å². The summed E-state index contributed by atoms with van der Waals surface area (Å²) in [7, 11) is 0. The Hall–Kier alpha value is -2.87. The minimum absolute atomic E-state index is 0.148. The van der Waals surface area contributed by atoms with E-state index in [1.807, 2.05) is 0 Å². The predicted octanol–water partition coefficient (Wildman–Crippen LogP) is -2.54. The number of aliphatic hydroxyl groups is 3. The Labute approximate surface area is 164 Å². The Bertz CT molecular complexity index is 903. The molecule has 1 aliphatic heterocycles. The van der Waals surface area contributed by atoms with E-state index in [1.54, 1.807) is 0 Å². The number of nitrogens with one attached hydrogen (secondary N) is 1. The van der Waals surface area contributed by atoms with Gasteiger partial charge in [0.15, 0.2) is 23.7 Å². The quantitative estimate of drug-likeness (QED) is 0.315. The average molecular weight is 410 g/mol. The van der Waals surface area contributed by atoms with Crippen molar-refractivity contribution in [2.45, 2.75) is 50.5 Å². The van der Waals surface area contributed by atoms with Crippen LogP contribution in [0.15, 0.2) is 12.7 Å². The van der Waals surface area contributed by atoms with Gasteiger partial charge < -0.3 is 35.8 Å². The molecule has 0 bridgehead atoms. The smallest absolute Gasteiger partial charge is 0.331 e. The maximum absolute atomic E-state index is 12.1. The summed E-state index contributed by atoms with van der Waals surface area (Å²) in [5.41, 5.74) is 6.34. The van der Waals surface area contributed by atoms with Gasteiger partial charge in [0, 0.05) is 6.92 Å². The van der Waals surface area contributed by atoms with Crippen LogP contribution in [0.3, 0.4) is 0 Å². The SMILES string of the molecule is CC(=O)N[C@H](C(=O)OC[C@H]1O[C@@H](n2cnc3c(N)ncnc32)C(O)C1O)[C@@H](C)O. The number of amides is 1. The fraction of sp³-hybridized carbons (Fsp3) is 0.562. The molecular formula is C16H22N6O7. The monoisotopic (exact) mass is 410 g/mol. The van der Waals surface area contributed by atoms with Crippen LogP contribution in [0.25, 0.3) is 11.2 Å². The summed E-state index contributed by atoms with van der Waals surface area (Å²) in [6, 6.07) is -1.27. The number of hydrogen-bond donors (Lipinski definition) is 5. The van der Waals surface area contributed by atoms with Crippen molar-refractivity contribution >= 4 is 28.9 Å². The molecule has 0 saturated carbocycles. The number of esters is 1. The minimum Gasteiger partial charge on any atom is -0.461 e. The predicted molar refractivity (Wildman–Crippen MR) is 95.9 cm³/mol. The number of nitrogen functional groups attached to an aromatic ring is 1. The summed E-state index contributed by atoms with van der Waals surface area (Å²) >= 11 is 0. The summed E-state index contributed by atoms with van der Waals surface area (Å²) < 4.78 is 12.1. The van der Waals surface area contributed by atoms with E-state index in [0.717, 1.165) is 0 Å². The maximum atomic E-state index is 12.1. The Morgan fingerprint density at radius 2 is 2.07 bits per heavy atom. The molecular weight excluding hydrogens is 388 g/mol. The fourth-order valence-corrected chi connectivity index (χ4v) is 3.00. The first-order valence-electron chi connectivity index (χ1n) is 8.77. The lowest BCUT2D eigenvalue weighted by atomic mass is 10.1. The number of hydrogen-bond acceptors (Lipinski definition) is 11. The van der Waals surface area contributed by atoms with Gasteiger partial charge in [-0.3, -0.25) is 9.36 Å². The van der Waals surface area contributed by atoms with Gasteiger partial charge in [0.1, 0.15) is 36.8 Å². The molecule has 13 heteroatoms. The third-order valence-electron chi connectivity index (χ3n) is 4.48. The molecule has 29 heavy (non-hydrogen) atoms. The number of carbonyl (C=O) groups is 2. The van der Waals surface area contributed by atoms with Crippen LogP contribution in [0.5, 0.6) is 0 Å². The molecule has 0 radical (unpaired) electrons. The van der Waals surface area contributed by atoms with Crippen LogP contribution in [0.2, 0.25) is 0 Å². The standard InChI is InChI=1S/C16H22N6O7/c1-6(23)9(21-7(2)24)16(27)28-3-8-11(25)12(26)15(29-8)22-5-20-10-13(17)18-4-19-14(10)22/h4-6,8-9,11-12,15,23,25-26H,3H2,1-2H3,(H,21,24)(H2,17,18,19)/t6-,8-,9+,11?,12?,15-/m1/s1. The molecule has 6 atom stereocenters. The van der Waals surface area contributed by atoms with E-state index in [1.165, 1.54) is 31.1 Å². The first-order chi connectivity index (χ1) is 13.7. The Kier molecular flexibility index (Phi) is 5.93. The van der Waals surface area contributed by atoms with E-state index in [4.69, 9.17) is 15.2 Å². The van der Waals surface area contributed by atoms with Crippen LogP contribution in [-0.2, 0) is 19.1 Å². The normalized spacial score (nSPS) is 26.2. The number of imidazole rings is 1. The van der Waals surface area contributed by atoms with Crippen LogP contribution in [0.1, 0.15) is 20.1 Å². The van der Waals surface area contributed by atoms with Gasteiger partial charge >= 0.3 is 5.97 Å². The first-order valence-corrected chi connectivity index (χ1v) is 8.77. The van der Waals surface area contributed by atoms with E-state index in [-0.39, 0.29) is 5.82 Å². The zero-order chi connectivity index (χ0) is 21.3. The number of nitrogens with zero attached hydrogens (tertiary/aromatic N) is 4. The molecule has 2 aromatic heterocycles. The maximum Gasteiger partial charge on any atom is 0.331 e. The number of carbonyl (C=O) groups excluding carboxylic acids is 2. The van der Waals surface area contributed by atoms with Gasteiger partial charge in [-0.25, -0.2) is 19.7 Å². The summed E-state index contributed by atoms with van der Waals surface area (Å²) in [6.45, 7) is 2.10. The van der Waals surface area contributed by atoms with Crippen molar-refractivity contribution < 1.29 is 34.4 Å². The van der Waals surface area contributed by atoms with Gasteiger partial charge in [0.2, 0.25) is 5.91 Å². The van der Waals surface area contributed by atoms with Gasteiger partial charge in [0.25, 0.3) is 0 Å². The van der Waals surface area contributed by atoms with Crippen molar-refractivity contribution in [3.05, 3.63) is 12.7 Å². The lowest BCUT2D eigenvalue weighted by molar-refractivity contribution is -0.156. The minimum atomic E-state index is -1.38. The Balaban J connectivity index is 1.70.